The van der Waals surface area contributed by atoms with Crippen LogP contribution < -0.4 is 5.32 Å². The smallest absolute Gasteiger partial charge is 0.222 e. The Morgan fingerprint density at radius 2 is 2.30 bits per heavy atom. The summed E-state index contributed by atoms with van der Waals surface area (Å²) in [6, 6.07) is 8.20. The molecule has 1 N–H and O–H groups in total. The van der Waals surface area contributed by atoms with Crippen LogP contribution >= 0.6 is 0 Å². The molecule has 1 unspecified atom stereocenters. The summed E-state index contributed by atoms with van der Waals surface area (Å²) in [4.78, 5) is 16.3. The molecule has 1 atom stereocenters. The summed E-state index contributed by atoms with van der Waals surface area (Å²) in [5.41, 5.74) is 2.06. The van der Waals surface area contributed by atoms with E-state index in [0.29, 0.717) is 13.0 Å². The summed E-state index contributed by atoms with van der Waals surface area (Å²) in [5.74, 6) is 0.110. The second kappa shape index (κ2) is 5.90. The Balaban J connectivity index is 1.57. The maximum absolute atomic E-state index is 12.0. The van der Waals surface area contributed by atoms with Gasteiger partial charge >= 0.3 is 0 Å². The van der Waals surface area contributed by atoms with Gasteiger partial charge in [0.15, 0.2) is 0 Å². The highest BCUT2D eigenvalue weighted by atomic mass is 16.1. The lowest BCUT2D eigenvalue weighted by Gasteiger charge is -2.18. The van der Waals surface area contributed by atoms with Gasteiger partial charge in [0, 0.05) is 19.0 Å². The van der Waals surface area contributed by atoms with Crippen LogP contribution in [0, 0.1) is 0 Å². The van der Waals surface area contributed by atoms with E-state index in [1.54, 1.807) is 6.33 Å². The molecule has 0 saturated heterocycles. The number of para-hydroxylation sites is 2. The molecule has 0 fully saturated rings. The summed E-state index contributed by atoms with van der Waals surface area (Å²) in [5, 5.41) is 3.07. The molecular formula is C16H19N3O. The SMILES string of the molecule is O=C(CCn1cnc2ccccc21)NC1C=CCCC1. The van der Waals surface area contributed by atoms with Crippen molar-refractivity contribution in [2.24, 2.45) is 0 Å². The molecule has 1 aliphatic carbocycles. The number of benzene rings is 1. The third kappa shape index (κ3) is 2.90. The molecule has 4 nitrogen and oxygen atoms in total. The lowest BCUT2D eigenvalue weighted by Crippen LogP contribution is -2.34. The van der Waals surface area contributed by atoms with Gasteiger partial charge in [-0.05, 0) is 31.4 Å². The number of aromatic nitrogens is 2. The van der Waals surface area contributed by atoms with Crippen LogP contribution in [0.15, 0.2) is 42.7 Å². The van der Waals surface area contributed by atoms with Gasteiger partial charge in [-0.25, -0.2) is 4.98 Å². The van der Waals surface area contributed by atoms with E-state index in [0.717, 1.165) is 30.3 Å². The van der Waals surface area contributed by atoms with E-state index < -0.39 is 0 Å². The molecule has 0 bridgehead atoms. The molecule has 4 heteroatoms. The number of hydrogen-bond acceptors (Lipinski definition) is 2. The Labute approximate surface area is 118 Å². The first-order valence-electron chi connectivity index (χ1n) is 7.19. The van der Waals surface area contributed by atoms with Crippen molar-refractivity contribution in [3.05, 3.63) is 42.7 Å². The highest BCUT2D eigenvalue weighted by Gasteiger charge is 2.11. The zero-order valence-corrected chi connectivity index (χ0v) is 11.5. The van der Waals surface area contributed by atoms with Gasteiger partial charge in [0.05, 0.1) is 17.4 Å². The fraction of sp³-hybridized carbons (Fsp3) is 0.375. The fourth-order valence-corrected chi connectivity index (χ4v) is 2.62. The molecule has 1 aliphatic rings. The maximum Gasteiger partial charge on any atom is 0.222 e. The number of amides is 1. The summed E-state index contributed by atoms with van der Waals surface area (Å²) < 4.78 is 2.03. The van der Waals surface area contributed by atoms with Crippen LogP contribution in [0.2, 0.25) is 0 Å². The van der Waals surface area contributed by atoms with Crippen molar-refractivity contribution in [2.75, 3.05) is 0 Å². The molecule has 1 aromatic carbocycles. The third-order valence-corrected chi connectivity index (χ3v) is 3.71. The van der Waals surface area contributed by atoms with Crippen molar-refractivity contribution in [2.45, 2.75) is 38.3 Å². The molecule has 3 rings (SSSR count). The highest BCUT2D eigenvalue weighted by molar-refractivity contribution is 5.77. The van der Waals surface area contributed by atoms with Crippen molar-refractivity contribution >= 4 is 16.9 Å². The standard InChI is InChI=1S/C16H19N3O/c20-16(18-13-6-2-1-3-7-13)10-11-19-12-17-14-8-4-5-9-15(14)19/h2,4-6,8-9,12-13H,1,3,7,10-11H2,(H,18,20). The van der Waals surface area contributed by atoms with Crippen LogP contribution in [0.5, 0.6) is 0 Å². The molecule has 0 radical (unpaired) electrons. The van der Waals surface area contributed by atoms with Crippen molar-refractivity contribution in [3.63, 3.8) is 0 Å². The topological polar surface area (TPSA) is 46.9 Å². The van der Waals surface area contributed by atoms with Crippen LogP contribution in [0.25, 0.3) is 11.0 Å². The number of aryl methyl sites for hydroxylation is 1. The van der Waals surface area contributed by atoms with Gasteiger partial charge in [-0.2, -0.15) is 0 Å². The number of allylic oxidation sites excluding steroid dienone is 1. The Kier molecular flexibility index (Phi) is 3.81. The number of rotatable bonds is 4. The van der Waals surface area contributed by atoms with Crippen LogP contribution in [0.3, 0.4) is 0 Å². The van der Waals surface area contributed by atoms with Crippen molar-refractivity contribution in [3.8, 4) is 0 Å². The van der Waals surface area contributed by atoms with Gasteiger partial charge in [-0.15, -0.1) is 0 Å². The predicted octanol–water partition coefficient (Wildman–Crippen LogP) is 2.65. The number of carbonyl (C=O) groups excluding carboxylic acids is 1. The van der Waals surface area contributed by atoms with Crippen LogP contribution in [0.4, 0.5) is 0 Å². The molecule has 20 heavy (non-hydrogen) atoms. The molecule has 1 amide bonds. The van der Waals surface area contributed by atoms with Gasteiger partial charge in [-0.1, -0.05) is 24.3 Å². The highest BCUT2D eigenvalue weighted by Crippen LogP contribution is 2.13. The van der Waals surface area contributed by atoms with Gasteiger partial charge in [0.25, 0.3) is 0 Å². The van der Waals surface area contributed by atoms with Gasteiger partial charge in [0.2, 0.25) is 5.91 Å². The first-order chi connectivity index (χ1) is 9.83. The van der Waals surface area contributed by atoms with Crippen molar-refractivity contribution < 1.29 is 4.79 Å². The summed E-state index contributed by atoms with van der Waals surface area (Å²) >= 11 is 0. The third-order valence-electron chi connectivity index (χ3n) is 3.71. The largest absolute Gasteiger partial charge is 0.350 e. The Bertz CT molecular complexity index is 629. The number of imidazole rings is 1. The normalized spacial score (nSPS) is 18.3. The molecule has 0 spiro atoms. The van der Waals surface area contributed by atoms with Gasteiger partial charge in [0.1, 0.15) is 0 Å². The first-order valence-corrected chi connectivity index (χ1v) is 7.19. The monoisotopic (exact) mass is 269 g/mol. The van der Waals surface area contributed by atoms with Gasteiger partial charge < -0.3 is 9.88 Å². The number of fused-ring (bicyclic) bond motifs is 1. The molecule has 1 heterocycles. The van der Waals surface area contributed by atoms with Crippen molar-refractivity contribution in [1.29, 1.82) is 0 Å². The van der Waals surface area contributed by atoms with E-state index in [-0.39, 0.29) is 11.9 Å². The average molecular weight is 269 g/mol. The van der Waals surface area contributed by atoms with E-state index in [1.165, 1.54) is 0 Å². The number of hydrogen-bond donors (Lipinski definition) is 1. The number of carbonyl (C=O) groups is 1. The summed E-state index contributed by atoms with van der Waals surface area (Å²) in [6.07, 6.45) is 9.90. The lowest BCUT2D eigenvalue weighted by molar-refractivity contribution is -0.121. The molecule has 104 valence electrons. The van der Waals surface area contributed by atoms with E-state index in [2.05, 4.69) is 22.5 Å². The first kappa shape index (κ1) is 12.9. The fourth-order valence-electron chi connectivity index (χ4n) is 2.62. The minimum absolute atomic E-state index is 0.110. The quantitative estimate of drug-likeness (QED) is 0.867. The van der Waals surface area contributed by atoms with Crippen LogP contribution in [-0.4, -0.2) is 21.5 Å². The minimum atomic E-state index is 0.110. The molecule has 0 saturated carbocycles. The molecule has 1 aromatic heterocycles. The Morgan fingerprint density at radius 3 is 3.15 bits per heavy atom. The Morgan fingerprint density at radius 1 is 1.40 bits per heavy atom. The zero-order valence-electron chi connectivity index (χ0n) is 11.5. The second-order valence-electron chi connectivity index (χ2n) is 5.21. The average Bonchev–Trinajstić information content (AvgIpc) is 2.89. The molecular weight excluding hydrogens is 250 g/mol. The van der Waals surface area contributed by atoms with Crippen molar-refractivity contribution in [1.82, 2.24) is 14.9 Å². The van der Waals surface area contributed by atoms with Gasteiger partial charge in [-0.3, -0.25) is 4.79 Å². The summed E-state index contributed by atoms with van der Waals surface area (Å²) in [6.45, 7) is 0.669. The second-order valence-corrected chi connectivity index (χ2v) is 5.21. The molecule has 0 aliphatic heterocycles. The predicted molar refractivity (Wildman–Crippen MR) is 79.3 cm³/mol. The van der Waals surface area contributed by atoms with Crippen LogP contribution in [-0.2, 0) is 11.3 Å². The lowest BCUT2D eigenvalue weighted by atomic mass is 10.0. The van der Waals surface area contributed by atoms with E-state index >= 15 is 0 Å². The summed E-state index contributed by atoms with van der Waals surface area (Å²) in [7, 11) is 0. The Hall–Kier alpha value is -2.10. The molecule has 2 aromatic rings. The van der Waals surface area contributed by atoms with E-state index in [1.807, 2.05) is 28.8 Å². The minimum Gasteiger partial charge on any atom is -0.350 e. The number of nitrogens with zero attached hydrogens (tertiary/aromatic N) is 2. The zero-order chi connectivity index (χ0) is 13.8. The number of nitrogens with one attached hydrogen (secondary N) is 1. The van der Waals surface area contributed by atoms with E-state index in [4.69, 9.17) is 0 Å². The maximum atomic E-state index is 12.0. The van der Waals surface area contributed by atoms with Crippen LogP contribution in [0.1, 0.15) is 25.7 Å². The van der Waals surface area contributed by atoms with E-state index in [9.17, 15) is 4.79 Å².